The number of ether oxygens (including phenoxy) is 2. The predicted molar refractivity (Wildman–Crippen MR) is 132 cm³/mol. The van der Waals surface area contributed by atoms with Crippen LogP contribution in [0.25, 0.3) is 22.0 Å². The zero-order valence-corrected chi connectivity index (χ0v) is 19.3. The van der Waals surface area contributed by atoms with Crippen molar-refractivity contribution in [2.24, 2.45) is 0 Å². The summed E-state index contributed by atoms with van der Waals surface area (Å²) >= 11 is 3.64. The molecule has 0 aliphatic carbocycles. The van der Waals surface area contributed by atoms with E-state index < -0.39 is 0 Å². The highest BCUT2D eigenvalue weighted by molar-refractivity contribution is 9.10. The highest BCUT2D eigenvalue weighted by atomic mass is 79.9. The van der Waals surface area contributed by atoms with E-state index in [1.165, 1.54) is 16.5 Å². The zero-order valence-electron chi connectivity index (χ0n) is 17.7. The number of morpholine rings is 1. The molecule has 4 aromatic rings. The lowest BCUT2D eigenvalue weighted by Gasteiger charge is -2.35. The molecule has 1 aromatic heterocycles. The van der Waals surface area contributed by atoms with Crippen LogP contribution in [0.4, 0.5) is 11.4 Å². The lowest BCUT2D eigenvalue weighted by molar-refractivity contribution is 0.0394. The average Bonchev–Trinajstić information content (AvgIpc) is 3.30. The third kappa shape index (κ3) is 3.68. The zero-order chi connectivity index (χ0) is 21.5. The molecule has 2 aliphatic rings. The molecule has 0 saturated carbocycles. The molecule has 0 radical (unpaired) electrons. The number of halogens is 1. The molecular weight excluding hydrogens is 466 g/mol. The van der Waals surface area contributed by atoms with E-state index >= 15 is 0 Å². The van der Waals surface area contributed by atoms with Gasteiger partial charge in [0.2, 0.25) is 0 Å². The van der Waals surface area contributed by atoms with Crippen LogP contribution in [0.2, 0.25) is 0 Å². The molecule has 6 rings (SSSR count). The Morgan fingerprint density at radius 3 is 2.44 bits per heavy atom. The van der Waals surface area contributed by atoms with E-state index in [2.05, 4.69) is 79.2 Å². The van der Waals surface area contributed by atoms with Crippen LogP contribution < -0.4 is 9.64 Å². The second-order valence-corrected chi connectivity index (χ2v) is 9.20. The fraction of sp³-hybridized carbons (Fsp3) is 0.231. The number of anilines is 2. The van der Waals surface area contributed by atoms with Crippen molar-refractivity contribution in [3.8, 4) is 22.6 Å². The van der Waals surface area contributed by atoms with Crippen LogP contribution in [0.15, 0.2) is 71.3 Å². The Labute approximate surface area is 195 Å². The highest BCUT2D eigenvalue weighted by Gasteiger charge is 2.26. The lowest BCUT2D eigenvalue weighted by Crippen LogP contribution is -2.41. The molecule has 0 bridgehead atoms. The number of nitrogens with zero attached hydrogens (tertiary/aromatic N) is 2. The van der Waals surface area contributed by atoms with Gasteiger partial charge in [0.25, 0.3) is 0 Å². The number of hydrogen-bond donors (Lipinski definition) is 1. The van der Waals surface area contributed by atoms with Crippen molar-refractivity contribution in [1.29, 1.82) is 0 Å². The summed E-state index contributed by atoms with van der Waals surface area (Å²) in [5.41, 5.74) is 5.74. The van der Waals surface area contributed by atoms with Gasteiger partial charge in [-0.1, -0.05) is 28.1 Å². The molecule has 0 amide bonds. The van der Waals surface area contributed by atoms with Gasteiger partial charge in [0, 0.05) is 42.4 Å². The van der Waals surface area contributed by atoms with Gasteiger partial charge in [-0.3, -0.25) is 4.90 Å². The fourth-order valence-corrected chi connectivity index (χ4v) is 4.92. The van der Waals surface area contributed by atoms with Gasteiger partial charge in [-0.05, 0) is 65.0 Å². The molecule has 1 N–H and O–H groups in total. The first-order valence-electron chi connectivity index (χ1n) is 11.0. The van der Waals surface area contributed by atoms with E-state index in [0.717, 1.165) is 72.3 Å². The first kappa shape index (κ1) is 19.9. The molecular formula is C26H24BrN3O2. The van der Waals surface area contributed by atoms with Gasteiger partial charge < -0.3 is 19.4 Å². The van der Waals surface area contributed by atoms with Crippen LogP contribution in [-0.2, 0) is 4.74 Å². The van der Waals surface area contributed by atoms with E-state index in [9.17, 15) is 0 Å². The van der Waals surface area contributed by atoms with E-state index in [1.807, 2.05) is 18.3 Å². The molecule has 1 fully saturated rings. The molecule has 3 aromatic carbocycles. The Hall–Kier alpha value is -2.80. The molecule has 6 heteroatoms. The summed E-state index contributed by atoms with van der Waals surface area (Å²) in [5.74, 6) is 1.79. The number of rotatable bonds is 4. The molecule has 2 aliphatic heterocycles. The third-order valence-electron chi connectivity index (χ3n) is 6.31. The summed E-state index contributed by atoms with van der Waals surface area (Å²) in [5, 5.41) is 1.22. The first-order chi connectivity index (χ1) is 15.7. The van der Waals surface area contributed by atoms with Crippen LogP contribution in [0.3, 0.4) is 0 Å². The van der Waals surface area contributed by atoms with Gasteiger partial charge in [-0.15, -0.1) is 0 Å². The molecule has 1 saturated heterocycles. The van der Waals surface area contributed by atoms with Crippen LogP contribution in [-0.4, -0.2) is 49.3 Å². The van der Waals surface area contributed by atoms with Gasteiger partial charge in [-0.2, -0.15) is 0 Å². The third-order valence-corrected chi connectivity index (χ3v) is 6.80. The number of nitrogens with one attached hydrogen (secondary N) is 1. The summed E-state index contributed by atoms with van der Waals surface area (Å²) in [4.78, 5) is 8.14. The molecule has 0 atom stereocenters. The summed E-state index contributed by atoms with van der Waals surface area (Å²) in [6, 6.07) is 21.4. The SMILES string of the molecule is Brc1ccc2c(c1)N(CCN1CCOCC1)c1cc(-c3ccc4[nH]ccc4c3)ccc1O2. The summed E-state index contributed by atoms with van der Waals surface area (Å²) in [6.45, 7) is 5.47. The van der Waals surface area contributed by atoms with Crippen LogP contribution in [0.1, 0.15) is 0 Å². The minimum atomic E-state index is 0.813. The van der Waals surface area contributed by atoms with Crippen molar-refractivity contribution < 1.29 is 9.47 Å². The van der Waals surface area contributed by atoms with Crippen molar-refractivity contribution in [3.63, 3.8) is 0 Å². The molecule has 5 nitrogen and oxygen atoms in total. The Kier molecular flexibility index (Phi) is 5.14. The quantitative estimate of drug-likeness (QED) is 0.371. The Balaban J connectivity index is 1.38. The molecule has 32 heavy (non-hydrogen) atoms. The predicted octanol–water partition coefficient (Wildman–Crippen LogP) is 6.17. The second-order valence-electron chi connectivity index (χ2n) is 8.28. The monoisotopic (exact) mass is 489 g/mol. The van der Waals surface area contributed by atoms with Crippen LogP contribution in [0, 0.1) is 0 Å². The van der Waals surface area contributed by atoms with Gasteiger partial charge in [-0.25, -0.2) is 0 Å². The number of aromatic amines is 1. The molecule has 3 heterocycles. The van der Waals surface area contributed by atoms with E-state index in [-0.39, 0.29) is 0 Å². The van der Waals surface area contributed by atoms with Crippen molar-refractivity contribution >= 4 is 38.2 Å². The molecule has 162 valence electrons. The van der Waals surface area contributed by atoms with Crippen molar-refractivity contribution in [1.82, 2.24) is 9.88 Å². The van der Waals surface area contributed by atoms with Crippen LogP contribution >= 0.6 is 15.9 Å². The maximum atomic E-state index is 6.30. The maximum Gasteiger partial charge on any atom is 0.151 e. The van der Waals surface area contributed by atoms with Gasteiger partial charge in [0.1, 0.15) is 0 Å². The number of hydrogen-bond acceptors (Lipinski definition) is 4. The molecule has 0 unspecified atom stereocenters. The first-order valence-corrected chi connectivity index (χ1v) is 11.8. The second kappa shape index (κ2) is 8.28. The van der Waals surface area contributed by atoms with Crippen molar-refractivity contribution in [2.75, 3.05) is 44.3 Å². The fourth-order valence-electron chi connectivity index (χ4n) is 4.57. The van der Waals surface area contributed by atoms with E-state index in [1.54, 1.807) is 0 Å². The number of fused-ring (bicyclic) bond motifs is 3. The highest BCUT2D eigenvalue weighted by Crippen LogP contribution is 2.48. The minimum absolute atomic E-state index is 0.813. The standard InChI is InChI=1S/C26H24BrN3O2/c27-21-3-6-26-24(17-21)30(10-9-29-11-13-31-14-12-29)23-16-19(2-5-25(23)32-26)18-1-4-22-20(15-18)7-8-28-22/h1-8,15-17,28H,9-14H2. The van der Waals surface area contributed by atoms with Gasteiger partial charge in [0.15, 0.2) is 11.5 Å². The van der Waals surface area contributed by atoms with E-state index in [4.69, 9.17) is 9.47 Å². The Morgan fingerprint density at radius 2 is 1.56 bits per heavy atom. The summed E-state index contributed by atoms with van der Waals surface area (Å²) in [7, 11) is 0. The number of H-pyrrole nitrogens is 1. The summed E-state index contributed by atoms with van der Waals surface area (Å²) < 4.78 is 12.9. The minimum Gasteiger partial charge on any atom is -0.453 e. The smallest absolute Gasteiger partial charge is 0.151 e. The topological polar surface area (TPSA) is 40.7 Å². The van der Waals surface area contributed by atoms with E-state index in [0.29, 0.717) is 0 Å². The largest absolute Gasteiger partial charge is 0.453 e. The average molecular weight is 490 g/mol. The number of aromatic nitrogens is 1. The van der Waals surface area contributed by atoms with Crippen LogP contribution in [0.5, 0.6) is 11.5 Å². The van der Waals surface area contributed by atoms with Gasteiger partial charge in [0.05, 0.1) is 24.6 Å². The van der Waals surface area contributed by atoms with Crippen molar-refractivity contribution in [2.45, 2.75) is 0 Å². The Bertz CT molecular complexity index is 1280. The van der Waals surface area contributed by atoms with Gasteiger partial charge >= 0.3 is 0 Å². The molecule has 0 spiro atoms. The normalized spacial score (nSPS) is 16.0. The Morgan fingerprint density at radius 1 is 0.812 bits per heavy atom. The lowest BCUT2D eigenvalue weighted by atomic mass is 10.0. The number of benzene rings is 3. The summed E-state index contributed by atoms with van der Waals surface area (Å²) in [6.07, 6.45) is 1.98. The maximum absolute atomic E-state index is 6.30. The van der Waals surface area contributed by atoms with Crippen molar-refractivity contribution in [3.05, 3.63) is 71.3 Å².